The molecular formula is C22H17NO4S2. The maximum absolute atomic E-state index is 13.1. The Morgan fingerprint density at radius 1 is 1.21 bits per heavy atom. The maximum Gasteiger partial charge on any atom is 0.331 e. The molecule has 1 saturated heterocycles. The summed E-state index contributed by atoms with van der Waals surface area (Å²) < 4.78 is 6.15. The van der Waals surface area contributed by atoms with Crippen molar-refractivity contribution in [2.75, 3.05) is 0 Å². The Kier molecular flexibility index (Phi) is 5.25. The number of fused-ring (bicyclic) bond motifs is 1. The zero-order chi connectivity index (χ0) is 20.5. The van der Waals surface area contributed by atoms with Gasteiger partial charge in [0.15, 0.2) is 6.04 Å². The minimum atomic E-state index is -1.16. The molecule has 146 valence electrons. The molecule has 2 aliphatic heterocycles. The van der Waals surface area contributed by atoms with Gasteiger partial charge < -0.3 is 9.84 Å². The molecule has 0 radical (unpaired) electrons. The van der Waals surface area contributed by atoms with Gasteiger partial charge in [0.2, 0.25) is 0 Å². The summed E-state index contributed by atoms with van der Waals surface area (Å²) in [7, 11) is 0. The number of ether oxygens (including phenoxy) is 1. The van der Waals surface area contributed by atoms with Crippen molar-refractivity contribution in [2.24, 2.45) is 0 Å². The molecule has 1 N–H and O–H groups in total. The minimum Gasteiger partial charge on any atom is -0.485 e. The molecule has 2 atom stereocenters. The summed E-state index contributed by atoms with van der Waals surface area (Å²) in [5, 5.41) is 9.77. The number of thioether (sulfide) groups is 1. The fourth-order valence-electron chi connectivity index (χ4n) is 3.31. The Labute approximate surface area is 177 Å². The third-order valence-electron chi connectivity index (χ3n) is 4.74. The highest BCUT2D eigenvalue weighted by molar-refractivity contribution is 8.26. The van der Waals surface area contributed by atoms with Crippen LogP contribution in [0.15, 0.2) is 71.2 Å². The van der Waals surface area contributed by atoms with Crippen molar-refractivity contribution < 1.29 is 19.4 Å². The van der Waals surface area contributed by atoms with Crippen LogP contribution in [0.25, 0.3) is 6.08 Å². The lowest BCUT2D eigenvalue weighted by Gasteiger charge is -2.24. The van der Waals surface area contributed by atoms with E-state index in [0.717, 1.165) is 28.6 Å². The predicted molar refractivity (Wildman–Crippen MR) is 116 cm³/mol. The van der Waals surface area contributed by atoms with Gasteiger partial charge in [0, 0.05) is 5.56 Å². The van der Waals surface area contributed by atoms with E-state index in [-0.39, 0.29) is 10.4 Å². The molecule has 2 aliphatic rings. The molecule has 7 heteroatoms. The van der Waals surface area contributed by atoms with Crippen molar-refractivity contribution in [1.82, 2.24) is 4.90 Å². The third-order valence-corrected chi connectivity index (χ3v) is 6.07. The molecule has 1 amide bonds. The Hall–Kier alpha value is -2.90. The van der Waals surface area contributed by atoms with Crippen LogP contribution in [-0.4, -0.2) is 32.3 Å². The van der Waals surface area contributed by atoms with E-state index in [1.54, 1.807) is 36.4 Å². The second-order valence-corrected chi connectivity index (χ2v) is 8.32. The number of thiocarbonyl (C=S) groups is 1. The van der Waals surface area contributed by atoms with Gasteiger partial charge in [-0.3, -0.25) is 9.69 Å². The molecule has 0 aliphatic carbocycles. The molecule has 0 bridgehead atoms. The molecule has 1 fully saturated rings. The first-order valence-electron chi connectivity index (χ1n) is 8.98. The normalized spacial score (nSPS) is 20.9. The summed E-state index contributed by atoms with van der Waals surface area (Å²) in [5.41, 5.74) is 2.26. The van der Waals surface area contributed by atoms with Crippen molar-refractivity contribution >= 4 is 46.3 Å². The topological polar surface area (TPSA) is 66.8 Å². The molecule has 5 nitrogen and oxygen atoms in total. The van der Waals surface area contributed by atoms with E-state index in [2.05, 4.69) is 0 Å². The molecular weight excluding hydrogens is 406 g/mol. The van der Waals surface area contributed by atoms with E-state index in [1.165, 1.54) is 4.90 Å². The van der Waals surface area contributed by atoms with Gasteiger partial charge in [-0.1, -0.05) is 72.5 Å². The van der Waals surface area contributed by atoms with E-state index < -0.39 is 17.9 Å². The van der Waals surface area contributed by atoms with Crippen molar-refractivity contribution in [1.29, 1.82) is 0 Å². The standard InChI is InChI=1S/C22H17NO4S2/c1-13-16(11-15-9-5-6-10-17(15)27-13)12-18-20(24)23(22(28)29-18)19(21(25)26)14-7-3-2-4-8-14/h2-13,19H,1H3,(H,25,26). The number of rotatable bonds is 4. The zero-order valence-electron chi connectivity index (χ0n) is 15.4. The summed E-state index contributed by atoms with van der Waals surface area (Å²) in [6, 6.07) is 15.1. The van der Waals surface area contributed by atoms with Crippen LogP contribution in [0, 0.1) is 0 Å². The van der Waals surface area contributed by atoms with Crippen molar-refractivity contribution in [3.05, 3.63) is 82.3 Å². The average molecular weight is 424 g/mol. The highest BCUT2D eigenvalue weighted by Crippen LogP contribution is 2.39. The highest BCUT2D eigenvalue weighted by atomic mass is 32.2. The fourth-order valence-corrected chi connectivity index (χ4v) is 4.63. The van der Waals surface area contributed by atoms with E-state index in [4.69, 9.17) is 17.0 Å². The Balaban J connectivity index is 1.68. The van der Waals surface area contributed by atoms with Gasteiger partial charge in [0.05, 0.1) is 4.91 Å². The number of carbonyl (C=O) groups excluding carboxylic acids is 1. The molecule has 2 heterocycles. The van der Waals surface area contributed by atoms with Gasteiger partial charge in [0.1, 0.15) is 16.2 Å². The number of hydrogen-bond donors (Lipinski definition) is 1. The second-order valence-electron chi connectivity index (χ2n) is 6.65. The van der Waals surface area contributed by atoms with Gasteiger partial charge in [-0.25, -0.2) is 4.79 Å². The summed E-state index contributed by atoms with van der Waals surface area (Å²) in [4.78, 5) is 26.6. The molecule has 0 saturated carbocycles. The quantitative estimate of drug-likeness (QED) is 0.580. The van der Waals surface area contributed by atoms with Gasteiger partial charge in [-0.05, 0) is 36.3 Å². The molecule has 2 unspecified atom stereocenters. The first-order chi connectivity index (χ1) is 14.0. The number of carboxylic acids is 1. The van der Waals surface area contributed by atoms with E-state index >= 15 is 0 Å². The van der Waals surface area contributed by atoms with Gasteiger partial charge >= 0.3 is 5.97 Å². The molecule has 0 aromatic heterocycles. The van der Waals surface area contributed by atoms with Crippen molar-refractivity contribution in [3.63, 3.8) is 0 Å². The highest BCUT2D eigenvalue weighted by Gasteiger charge is 2.41. The predicted octanol–water partition coefficient (Wildman–Crippen LogP) is 4.42. The number of carbonyl (C=O) groups is 2. The summed E-state index contributed by atoms with van der Waals surface area (Å²) >= 11 is 6.47. The average Bonchev–Trinajstić information content (AvgIpc) is 2.97. The fraction of sp³-hybridized carbons (Fsp3) is 0.136. The van der Waals surface area contributed by atoms with E-state index in [9.17, 15) is 14.7 Å². The van der Waals surface area contributed by atoms with E-state index in [0.29, 0.717) is 10.5 Å². The first kappa shape index (κ1) is 19.4. The van der Waals surface area contributed by atoms with Crippen LogP contribution in [0.1, 0.15) is 24.1 Å². The van der Waals surface area contributed by atoms with Crippen LogP contribution in [-0.2, 0) is 9.59 Å². The second kappa shape index (κ2) is 7.85. The van der Waals surface area contributed by atoms with Crippen LogP contribution in [0.3, 0.4) is 0 Å². The lowest BCUT2D eigenvalue weighted by Crippen LogP contribution is -2.37. The molecule has 2 aromatic rings. The van der Waals surface area contributed by atoms with E-state index in [1.807, 2.05) is 37.3 Å². The number of amides is 1. The minimum absolute atomic E-state index is 0.225. The number of nitrogens with zero attached hydrogens (tertiary/aromatic N) is 1. The van der Waals surface area contributed by atoms with Crippen molar-refractivity contribution in [3.8, 4) is 5.75 Å². The van der Waals surface area contributed by atoms with Crippen LogP contribution >= 0.6 is 24.0 Å². The lowest BCUT2D eigenvalue weighted by molar-refractivity contribution is -0.145. The molecule has 0 spiro atoms. The van der Waals surface area contributed by atoms with Crippen molar-refractivity contribution in [2.45, 2.75) is 19.1 Å². The lowest BCUT2D eigenvalue weighted by atomic mass is 10.0. The number of benzene rings is 2. The number of hydrogen-bond acceptors (Lipinski definition) is 5. The summed E-state index contributed by atoms with van der Waals surface area (Å²) in [5.74, 6) is -0.751. The van der Waals surface area contributed by atoms with Gasteiger partial charge in [-0.15, -0.1) is 0 Å². The van der Waals surface area contributed by atoms with Gasteiger partial charge in [-0.2, -0.15) is 0 Å². The zero-order valence-corrected chi connectivity index (χ0v) is 17.1. The SMILES string of the molecule is CC1Oc2ccccc2C=C1C=C1SC(=S)N(C(C(=O)O)c2ccccc2)C1=O. The monoisotopic (exact) mass is 423 g/mol. The molecule has 4 rings (SSSR count). The molecule has 29 heavy (non-hydrogen) atoms. The largest absolute Gasteiger partial charge is 0.485 e. The van der Waals surface area contributed by atoms with Gasteiger partial charge in [0.25, 0.3) is 5.91 Å². The number of para-hydroxylation sites is 1. The third kappa shape index (κ3) is 3.71. The Morgan fingerprint density at radius 3 is 2.62 bits per heavy atom. The Morgan fingerprint density at radius 2 is 1.90 bits per heavy atom. The smallest absolute Gasteiger partial charge is 0.331 e. The van der Waals surface area contributed by atoms with Crippen LogP contribution in [0.2, 0.25) is 0 Å². The Bertz CT molecular complexity index is 1060. The van der Waals surface area contributed by atoms with Crippen LogP contribution in [0.4, 0.5) is 0 Å². The maximum atomic E-state index is 13.1. The summed E-state index contributed by atoms with van der Waals surface area (Å²) in [6.45, 7) is 1.91. The molecule has 2 aromatic carbocycles. The first-order valence-corrected chi connectivity index (χ1v) is 10.2. The van der Waals surface area contributed by atoms with Crippen LogP contribution < -0.4 is 4.74 Å². The number of aliphatic carboxylic acids is 1. The summed E-state index contributed by atoms with van der Waals surface area (Å²) in [6.07, 6.45) is 3.48. The van der Waals surface area contributed by atoms with Crippen LogP contribution in [0.5, 0.6) is 5.75 Å². The number of carboxylic acid groups (broad SMARTS) is 1.